The van der Waals surface area contributed by atoms with Gasteiger partial charge in [-0.2, -0.15) is 0 Å². The minimum Gasteiger partial charge on any atom is -0.362 e. The van der Waals surface area contributed by atoms with Crippen LogP contribution in [0, 0.1) is 0 Å². The molecule has 1 aromatic rings. The highest BCUT2D eigenvalue weighted by atomic mass is 35.5. The molecule has 142 valence electrons. The van der Waals surface area contributed by atoms with Crippen LogP contribution in [0.4, 0.5) is 0 Å². The summed E-state index contributed by atoms with van der Waals surface area (Å²) in [5, 5.41) is 8.97. The van der Waals surface area contributed by atoms with E-state index in [-0.39, 0.29) is 61.9 Å². The summed E-state index contributed by atoms with van der Waals surface area (Å²) in [6.45, 7) is 3.20. The molecule has 2 rings (SSSR count). The number of rotatable bonds is 7. The summed E-state index contributed by atoms with van der Waals surface area (Å²) in [5.41, 5.74) is 0.914. The first-order valence-electron chi connectivity index (χ1n) is 7.91. The number of halogens is 2. The van der Waals surface area contributed by atoms with Crippen molar-refractivity contribution in [1.82, 2.24) is 20.9 Å². The molecule has 0 radical (unpaired) electrons. The summed E-state index contributed by atoms with van der Waals surface area (Å²) in [6, 6.07) is 4.07. The third-order valence-corrected chi connectivity index (χ3v) is 3.79. The number of aromatic nitrogens is 1. The molecule has 3 N–H and O–H groups in total. The van der Waals surface area contributed by atoms with Crippen LogP contribution in [0.25, 0.3) is 0 Å². The summed E-state index contributed by atoms with van der Waals surface area (Å²) in [7, 11) is 0. The number of pyridine rings is 1. The second-order valence-electron chi connectivity index (χ2n) is 5.69. The number of carbonyl (C=O) groups is 2. The molecule has 1 saturated heterocycles. The van der Waals surface area contributed by atoms with E-state index < -0.39 is 0 Å². The van der Waals surface area contributed by atoms with Gasteiger partial charge in [0.1, 0.15) is 13.2 Å². The average molecular weight is 393 g/mol. The van der Waals surface area contributed by atoms with Gasteiger partial charge in [-0.3, -0.25) is 14.6 Å². The molecule has 9 heteroatoms. The minimum atomic E-state index is -0.255. The molecule has 7 nitrogen and oxygen atoms in total. The molecule has 1 aliphatic heterocycles. The SMILES string of the molecule is CC1NCCCC1NC(=O)COCC(=O)NCc1cccnc1.Cl.Cl. The lowest BCUT2D eigenvalue weighted by atomic mass is 10.00. The van der Waals surface area contributed by atoms with Crippen LogP contribution in [-0.4, -0.2) is 48.6 Å². The molecule has 2 amide bonds. The van der Waals surface area contributed by atoms with E-state index in [4.69, 9.17) is 4.74 Å². The number of nitrogens with one attached hydrogen (secondary N) is 3. The Kier molecular flexibility index (Phi) is 12.2. The standard InChI is InChI=1S/C16H24N4O3.2ClH/c1-12-14(5-3-7-18-12)20-16(22)11-23-10-15(21)19-9-13-4-2-6-17-8-13;;/h2,4,6,8,12,14,18H,3,5,7,9-11H2,1H3,(H,19,21)(H,20,22);2*1H. The van der Waals surface area contributed by atoms with E-state index in [9.17, 15) is 9.59 Å². The second kappa shape index (κ2) is 12.9. The van der Waals surface area contributed by atoms with Crippen LogP contribution >= 0.6 is 24.8 Å². The van der Waals surface area contributed by atoms with Gasteiger partial charge in [-0.1, -0.05) is 6.07 Å². The van der Waals surface area contributed by atoms with E-state index in [1.165, 1.54) is 0 Å². The van der Waals surface area contributed by atoms with Crippen LogP contribution in [0.15, 0.2) is 24.5 Å². The topological polar surface area (TPSA) is 92.4 Å². The van der Waals surface area contributed by atoms with Crippen molar-refractivity contribution in [3.63, 3.8) is 0 Å². The Labute approximate surface area is 160 Å². The fraction of sp³-hybridized carbons (Fsp3) is 0.562. The van der Waals surface area contributed by atoms with Crippen LogP contribution in [0.3, 0.4) is 0 Å². The van der Waals surface area contributed by atoms with Crippen LogP contribution in [0.2, 0.25) is 0 Å². The smallest absolute Gasteiger partial charge is 0.246 e. The third-order valence-electron chi connectivity index (χ3n) is 3.79. The largest absolute Gasteiger partial charge is 0.362 e. The lowest BCUT2D eigenvalue weighted by molar-refractivity contribution is -0.131. The Hall–Kier alpha value is -1.41. The molecule has 0 saturated carbocycles. The van der Waals surface area contributed by atoms with E-state index in [1.54, 1.807) is 12.4 Å². The lowest BCUT2D eigenvalue weighted by Gasteiger charge is -2.30. The monoisotopic (exact) mass is 392 g/mol. The Bertz CT molecular complexity index is 519. The molecule has 25 heavy (non-hydrogen) atoms. The first-order chi connectivity index (χ1) is 11.1. The zero-order valence-corrected chi connectivity index (χ0v) is 15.8. The number of carbonyl (C=O) groups excluding carboxylic acids is 2. The Morgan fingerprint density at radius 1 is 1.32 bits per heavy atom. The maximum Gasteiger partial charge on any atom is 0.246 e. The normalized spacial score (nSPS) is 19.1. The zero-order valence-electron chi connectivity index (χ0n) is 14.2. The first kappa shape index (κ1) is 23.6. The summed E-state index contributed by atoms with van der Waals surface area (Å²) in [5.74, 6) is -0.444. The highest BCUT2D eigenvalue weighted by molar-refractivity contribution is 5.85. The lowest BCUT2D eigenvalue weighted by Crippen LogP contribution is -2.52. The van der Waals surface area contributed by atoms with Crippen molar-refractivity contribution in [2.45, 2.75) is 38.4 Å². The van der Waals surface area contributed by atoms with Crippen molar-refractivity contribution in [2.24, 2.45) is 0 Å². The molecular formula is C16H26Cl2N4O3. The van der Waals surface area contributed by atoms with E-state index in [2.05, 4.69) is 27.9 Å². The van der Waals surface area contributed by atoms with Gasteiger partial charge in [0, 0.05) is 31.0 Å². The number of amides is 2. The van der Waals surface area contributed by atoms with Gasteiger partial charge in [-0.15, -0.1) is 24.8 Å². The molecule has 1 aliphatic rings. The van der Waals surface area contributed by atoms with Crippen LogP contribution in [0.5, 0.6) is 0 Å². The first-order valence-corrected chi connectivity index (χ1v) is 7.91. The molecule has 0 bridgehead atoms. The van der Waals surface area contributed by atoms with E-state index in [0.29, 0.717) is 6.54 Å². The highest BCUT2D eigenvalue weighted by Crippen LogP contribution is 2.07. The third kappa shape index (κ3) is 9.02. The highest BCUT2D eigenvalue weighted by Gasteiger charge is 2.22. The molecule has 0 aromatic carbocycles. The number of ether oxygens (including phenoxy) is 1. The maximum atomic E-state index is 11.8. The van der Waals surface area contributed by atoms with Crippen molar-refractivity contribution < 1.29 is 14.3 Å². The quantitative estimate of drug-likeness (QED) is 0.638. The maximum absolute atomic E-state index is 11.8. The zero-order chi connectivity index (χ0) is 16.5. The summed E-state index contributed by atoms with van der Waals surface area (Å²) < 4.78 is 5.16. The van der Waals surface area contributed by atoms with Crippen LogP contribution < -0.4 is 16.0 Å². The number of piperidine rings is 1. The van der Waals surface area contributed by atoms with Crippen molar-refractivity contribution >= 4 is 36.6 Å². The van der Waals surface area contributed by atoms with E-state index in [0.717, 1.165) is 24.9 Å². The van der Waals surface area contributed by atoms with Crippen molar-refractivity contribution in [3.8, 4) is 0 Å². The fourth-order valence-corrected chi connectivity index (χ4v) is 2.48. The second-order valence-corrected chi connectivity index (χ2v) is 5.69. The molecule has 1 aromatic heterocycles. The van der Waals surface area contributed by atoms with Gasteiger partial charge in [-0.25, -0.2) is 0 Å². The van der Waals surface area contributed by atoms with Gasteiger partial charge in [0.2, 0.25) is 11.8 Å². The summed E-state index contributed by atoms with van der Waals surface area (Å²) >= 11 is 0. The van der Waals surface area contributed by atoms with Gasteiger partial charge in [-0.05, 0) is 37.9 Å². The predicted molar refractivity (Wildman–Crippen MR) is 100 cm³/mol. The van der Waals surface area contributed by atoms with Crippen molar-refractivity contribution in [1.29, 1.82) is 0 Å². The molecule has 2 heterocycles. The molecule has 2 unspecified atom stereocenters. The van der Waals surface area contributed by atoms with Crippen molar-refractivity contribution in [2.75, 3.05) is 19.8 Å². The van der Waals surface area contributed by atoms with Crippen LogP contribution in [0.1, 0.15) is 25.3 Å². The molecule has 1 fully saturated rings. The van der Waals surface area contributed by atoms with Gasteiger partial charge in [0.05, 0.1) is 0 Å². The van der Waals surface area contributed by atoms with Gasteiger partial charge in [0.15, 0.2) is 0 Å². The van der Waals surface area contributed by atoms with Gasteiger partial charge >= 0.3 is 0 Å². The number of hydrogen-bond acceptors (Lipinski definition) is 5. The Balaban J connectivity index is 0.00000288. The fourth-order valence-electron chi connectivity index (χ4n) is 2.48. The van der Waals surface area contributed by atoms with Gasteiger partial charge < -0.3 is 20.7 Å². The summed E-state index contributed by atoms with van der Waals surface area (Å²) in [4.78, 5) is 27.4. The molecular weight excluding hydrogens is 367 g/mol. The number of nitrogens with zero attached hydrogens (tertiary/aromatic N) is 1. The van der Waals surface area contributed by atoms with E-state index in [1.807, 2.05) is 12.1 Å². The molecule has 2 atom stereocenters. The Morgan fingerprint density at radius 2 is 2.08 bits per heavy atom. The Morgan fingerprint density at radius 3 is 2.76 bits per heavy atom. The molecule has 0 aliphatic carbocycles. The van der Waals surface area contributed by atoms with Crippen molar-refractivity contribution in [3.05, 3.63) is 30.1 Å². The average Bonchev–Trinajstić information content (AvgIpc) is 2.56. The van der Waals surface area contributed by atoms with Crippen LogP contribution in [-0.2, 0) is 20.9 Å². The van der Waals surface area contributed by atoms with E-state index >= 15 is 0 Å². The minimum absolute atomic E-state index is 0. The predicted octanol–water partition coefficient (Wildman–Crippen LogP) is 0.815. The summed E-state index contributed by atoms with van der Waals surface area (Å²) in [6.07, 6.45) is 5.38. The molecule has 0 spiro atoms. The number of hydrogen-bond donors (Lipinski definition) is 3. The van der Waals surface area contributed by atoms with Gasteiger partial charge in [0.25, 0.3) is 0 Å².